The molecule has 1 heterocycles. The van der Waals surface area contributed by atoms with Crippen LogP contribution in [0.25, 0.3) is 11.1 Å². The van der Waals surface area contributed by atoms with Gasteiger partial charge in [-0.3, -0.25) is 4.79 Å². The van der Waals surface area contributed by atoms with Crippen LogP contribution in [-0.2, 0) is 19.4 Å². The number of hydrogen-bond donors (Lipinski definition) is 0. The van der Waals surface area contributed by atoms with E-state index >= 15 is 0 Å². The number of benzene rings is 3. The quantitative estimate of drug-likeness (QED) is 0.366. The number of rotatable bonds is 7. The maximum absolute atomic E-state index is 13.8. The fourth-order valence-electron chi connectivity index (χ4n) is 4.37. The van der Waals surface area contributed by atoms with Crippen LogP contribution >= 0.6 is 0 Å². The second-order valence-corrected chi connectivity index (χ2v) is 8.15. The summed E-state index contributed by atoms with van der Waals surface area (Å²) in [5, 5.41) is 0. The first-order valence-electron chi connectivity index (χ1n) is 11.0. The van der Waals surface area contributed by atoms with Gasteiger partial charge in [-0.2, -0.15) is 0 Å². The molecule has 0 aliphatic carbocycles. The highest BCUT2D eigenvalue weighted by Crippen LogP contribution is 2.29. The standard InChI is InChI=1S/C29H29NO2/c1-21-27(19-24-13-8-5-9-14-24)22(2)30(18-17-23-11-6-4-7-12-23)29(31)28(21)25-15-10-16-26(20-25)32-3/h4-16,20H,17-19H2,1-3H3. The van der Waals surface area contributed by atoms with E-state index in [-0.39, 0.29) is 5.56 Å². The highest BCUT2D eigenvalue weighted by molar-refractivity contribution is 5.69. The molecule has 3 nitrogen and oxygen atoms in total. The van der Waals surface area contributed by atoms with E-state index in [9.17, 15) is 4.79 Å². The molecule has 4 aromatic rings. The molecule has 0 unspecified atom stereocenters. The molecule has 3 aromatic carbocycles. The maximum Gasteiger partial charge on any atom is 0.258 e. The van der Waals surface area contributed by atoms with Crippen LogP contribution < -0.4 is 10.3 Å². The fourth-order valence-corrected chi connectivity index (χ4v) is 4.37. The van der Waals surface area contributed by atoms with Gasteiger partial charge in [-0.25, -0.2) is 0 Å². The highest BCUT2D eigenvalue weighted by Gasteiger charge is 2.19. The van der Waals surface area contributed by atoms with Gasteiger partial charge in [-0.1, -0.05) is 72.8 Å². The van der Waals surface area contributed by atoms with E-state index in [1.54, 1.807) is 7.11 Å². The molecule has 0 fully saturated rings. The molecule has 0 spiro atoms. The Morgan fingerprint density at radius 1 is 0.812 bits per heavy atom. The van der Waals surface area contributed by atoms with Crippen molar-refractivity contribution in [3.8, 4) is 16.9 Å². The monoisotopic (exact) mass is 423 g/mol. The summed E-state index contributed by atoms with van der Waals surface area (Å²) in [4.78, 5) is 13.8. The van der Waals surface area contributed by atoms with E-state index in [0.29, 0.717) is 6.54 Å². The SMILES string of the molecule is COc1cccc(-c2c(C)c(Cc3ccccc3)c(C)n(CCc3ccccc3)c2=O)c1. The van der Waals surface area contributed by atoms with Gasteiger partial charge >= 0.3 is 0 Å². The number of hydrogen-bond acceptors (Lipinski definition) is 2. The molecule has 0 atom stereocenters. The van der Waals surface area contributed by atoms with Crippen molar-refractivity contribution >= 4 is 0 Å². The van der Waals surface area contributed by atoms with Gasteiger partial charge in [0.25, 0.3) is 5.56 Å². The lowest BCUT2D eigenvalue weighted by molar-refractivity contribution is 0.415. The smallest absolute Gasteiger partial charge is 0.258 e. The van der Waals surface area contributed by atoms with Crippen molar-refractivity contribution in [3.63, 3.8) is 0 Å². The minimum atomic E-state index is 0.0565. The molecule has 0 radical (unpaired) electrons. The van der Waals surface area contributed by atoms with E-state index in [2.05, 4.69) is 50.2 Å². The van der Waals surface area contributed by atoms with Gasteiger partial charge in [0, 0.05) is 12.2 Å². The first-order valence-corrected chi connectivity index (χ1v) is 11.0. The summed E-state index contributed by atoms with van der Waals surface area (Å²) < 4.78 is 7.38. The predicted molar refractivity (Wildman–Crippen MR) is 132 cm³/mol. The summed E-state index contributed by atoms with van der Waals surface area (Å²) in [7, 11) is 1.65. The van der Waals surface area contributed by atoms with Crippen LogP contribution in [0, 0.1) is 13.8 Å². The summed E-state index contributed by atoms with van der Waals surface area (Å²) >= 11 is 0. The van der Waals surface area contributed by atoms with Gasteiger partial charge in [0.2, 0.25) is 0 Å². The largest absolute Gasteiger partial charge is 0.497 e. The van der Waals surface area contributed by atoms with Crippen molar-refractivity contribution in [2.75, 3.05) is 7.11 Å². The Morgan fingerprint density at radius 2 is 1.47 bits per heavy atom. The van der Waals surface area contributed by atoms with Crippen molar-refractivity contribution < 1.29 is 4.74 Å². The molecule has 0 saturated carbocycles. The number of ether oxygens (including phenoxy) is 1. The van der Waals surface area contributed by atoms with Crippen LogP contribution in [-0.4, -0.2) is 11.7 Å². The van der Waals surface area contributed by atoms with Crippen LogP contribution in [0.15, 0.2) is 89.7 Å². The summed E-state index contributed by atoms with van der Waals surface area (Å²) in [5.74, 6) is 0.752. The van der Waals surface area contributed by atoms with E-state index < -0.39 is 0 Å². The van der Waals surface area contributed by atoms with Gasteiger partial charge < -0.3 is 9.30 Å². The van der Waals surface area contributed by atoms with E-state index in [1.165, 1.54) is 16.7 Å². The number of pyridine rings is 1. The van der Waals surface area contributed by atoms with Gasteiger partial charge in [-0.15, -0.1) is 0 Å². The molecular weight excluding hydrogens is 394 g/mol. The normalized spacial score (nSPS) is 10.8. The molecule has 0 bridgehead atoms. The van der Waals surface area contributed by atoms with Crippen molar-refractivity contribution in [1.82, 2.24) is 4.57 Å². The first-order chi connectivity index (χ1) is 15.6. The van der Waals surface area contributed by atoms with Gasteiger partial charge in [0.05, 0.1) is 12.7 Å². The molecule has 162 valence electrons. The second kappa shape index (κ2) is 9.69. The minimum absolute atomic E-state index is 0.0565. The topological polar surface area (TPSA) is 31.2 Å². The fraction of sp³-hybridized carbons (Fsp3) is 0.207. The van der Waals surface area contributed by atoms with Crippen molar-refractivity contribution in [2.45, 2.75) is 33.2 Å². The maximum atomic E-state index is 13.8. The molecule has 32 heavy (non-hydrogen) atoms. The Bertz CT molecular complexity index is 1260. The summed E-state index contributed by atoms with van der Waals surface area (Å²) in [6.07, 6.45) is 1.61. The summed E-state index contributed by atoms with van der Waals surface area (Å²) in [5.41, 5.74) is 7.47. The lowest BCUT2D eigenvalue weighted by atomic mass is 9.92. The lowest BCUT2D eigenvalue weighted by Crippen LogP contribution is -2.28. The third-order valence-electron chi connectivity index (χ3n) is 6.18. The molecule has 0 saturated heterocycles. The lowest BCUT2D eigenvalue weighted by Gasteiger charge is -2.21. The molecule has 3 heteroatoms. The van der Waals surface area contributed by atoms with E-state index in [1.807, 2.05) is 53.1 Å². The summed E-state index contributed by atoms with van der Waals surface area (Å²) in [6.45, 7) is 4.80. The average molecular weight is 424 g/mol. The zero-order chi connectivity index (χ0) is 22.5. The summed E-state index contributed by atoms with van der Waals surface area (Å²) in [6, 6.07) is 28.6. The van der Waals surface area contributed by atoms with Crippen LogP contribution in [0.5, 0.6) is 5.75 Å². The van der Waals surface area contributed by atoms with Crippen molar-refractivity contribution in [2.24, 2.45) is 0 Å². The second-order valence-electron chi connectivity index (χ2n) is 8.15. The highest BCUT2D eigenvalue weighted by atomic mass is 16.5. The molecule has 0 aliphatic heterocycles. The minimum Gasteiger partial charge on any atom is -0.497 e. The van der Waals surface area contributed by atoms with Crippen molar-refractivity contribution in [3.05, 3.63) is 123 Å². The Labute approximate surface area is 189 Å². The molecule has 0 aliphatic rings. The number of aryl methyl sites for hydroxylation is 1. The molecular formula is C29H29NO2. The van der Waals surface area contributed by atoms with E-state index in [0.717, 1.165) is 41.0 Å². The van der Waals surface area contributed by atoms with Crippen LogP contribution in [0.1, 0.15) is 27.9 Å². The Morgan fingerprint density at radius 3 is 2.12 bits per heavy atom. The van der Waals surface area contributed by atoms with Gasteiger partial charge in [0.1, 0.15) is 5.75 Å². The van der Waals surface area contributed by atoms with Crippen LogP contribution in [0.3, 0.4) is 0 Å². The molecule has 0 amide bonds. The van der Waals surface area contributed by atoms with Crippen LogP contribution in [0.2, 0.25) is 0 Å². The molecule has 1 aromatic heterocycles. The Kier molecular flexibility index (Phi) is 6.55. The third-order valence-corrected chi connectivity index (χ3v) is 6.18. The Hall–Kier alpha value is -3.59. The van der Waals surface area contributed by atoms with E-state index in [4.69, 9.17) is 4.74 Å². The number of aromatic nitrogens is 1. The van der Waals surface area contributed by atoms with Crippen molar-refractivity contribution in [1.29, 1.82) is 0 Å². The molecule has 0 N–H and O–H groups in total. The Balaban J connectivity index is 1.86. The predicted octanol–water partition coefficient (Wildman–Crippen LogP) is 5.97. The molecule has 4 rings (SSSR count). The average Bonchev–Trinajstić information content (AvgIpc) is 2.83. The zero-order valence-electron chi connectivity index (χ0n) is 19.0. The van der Waals surface area contributed by atoms with Crippen LogP contribution in [0.4, 0.5) is 0 Å². The third kappa shape index (κ3) is 4.52. The zero-order valence-corrected chi connectivity index (χ0v) is 19.0. The number of nitrogens with zero attached hydrogens (tertiary/aromatic N) is 1. The number of methoxy groups -OCH3 is 1. The van der Waals surface area contributed by atoms with Gasteiger partial charge in [-0.05, 0) is 66.6 Å². The first kappa shape index (κ1) is 21.6. The van der Waals surface area contributed by atoms with Gasteiger partial charge in [0.15, 0.2) is 0 Å².